The lowest BCUT2D eigenvalue weighted by molar-refractivity contribution is 0.399. The first-order chi connectivity index (χ1) is 7.22. The number of nitrogens with two attached hydrogens (primary N) is 1. The van der Waals surface area contributed by atoms with Crippen molar-refractivity contribution in [3.63, 3.8) is 0 Å². The number of methoxy groups -OCH3 is 1. The summed E-state index contributed by atoms with van der Waals surface area (Å²) >= 11 is 5.99. The molecule has 0 bridgehead atoms. The molecular weight excluding hydrogens is 216 g/mol. The highest BCUT2D eigenvalue weighted by Gasteiger charge is 2.10. The molecule has 0 saturated carbocycles. The van der Waals surface area contributed by atoms with E-state index in [1.54, 1.807) is 29.2 Å². The Balaban J connectivity index is 2.57. The summed E-state index contributed by atoms with van der Waals surface area (Å²) < 4.78 is 6.55. The van der Waals surface area contributed by atoms with Crippen molar-refractivity contribution in [3.05, 3.63) is 29.5 Å². The topological polar surface area (TPSA) is 66.0 Å². The molecule has 0 amide bonds. The van der Waals surface area contributed by atoms with Gasteiger partial charge in [0.25, 0.3) is 0 Å². The fraction of sp³-hybridized carbons (Fsp3) is 0.111. The largest absolute Gasteiger partial charge is 0.479 e. The molecule has 0 fully saturated rings. The second-order valence-electron chi connectivity index (χ2n) is 2.84. The zero-order valence-electron chi connectivity index (χ0n) is 8.01. The molecule has 0 spiro atoms. The summed E-state index contributed by atoms with van der Waals surface area (Å²) in [6, 6.07) is 3.37. The van der Waals surface area contributed by atoms with Crippen molar-refractivity contribution in [2.45, 2.75) is 0 Å². The van der Waals surface area contributed by atoms with E-state index in [-0.39, 0.29) is 0 Å². The zero-order valence-corrected chi connectivity index (χ0v) is 8.77. The average Bonchev–Trinajstić information content (AvgIpc) is 2.71. The number of halogens is 1. The molecule has 0 aliphatic carbocycles. The third-order valence-electron chi connectivity index (χ3n) is 1.86. The van der Waals surface area contributed by atoms with Gasteiger partial charge in [-0.1, -0.05) is 11.6 Å². The Bertz CT molecular complexity index is 469. The summed E-state index contributed by atoms with van der Waals surface area (Å²) in [7, 11) is 1.50. The quantitative estimate of drug-likeness (QED) is 0.840. The molecule has 2 aromatic heterocycles. The van der Waals surface area contributed by atoms with Crippen molar-refractivity contribution in [1.29, 1.82) is 0 Å². The van der Waals surface area contributed by atoms with Gasteiger partial charge in [0.2, 0.25) is 5.88 Å². The molecule has 0 atom stereocenters. The molecule has 2 aromatic rings. The van der Waals surface area contributed by atoms with Crippen LogP contribution in [0.1, 0.15) is 0 Å². The van der Waals surface area contributed by atoms with Crippen LogP contribution in [0, 0.1) is 0 Å². The molecule has 6 heteroatoms. The maximum atomic E-state index is 5.99. The minimum absolute atomic E-state index is 0.338. The fourth-order valence-corrected chi connectivity index (χ4v) is 1.44. The van der Waals surface area contributed by atoms with Crippen LogP contribution in [0.4, 0.5) is 5.69 Å². The van der Waals surface area contributed by atoms with E-state index >= 15 is 0 Å². The first kappa shape index (κ1) is 9.79. The third-order valence-corrected chi connectivity index (χ3v) is 2.14. The number of hydrogen-bond donors (Lipinski definition) is 1. The van der Waals surface area contributed by atoms with E-state index < -0.39 is 0 Å². The van der Waals surface area contributed by atoms with Gasteiger partial charge < -0.3 is 10.5 Å². The van der Waals surface area contributed by atoms with Crippen LogP contribution < -0.4 is 10.5 Å². The number of nitrogens with zero attached hydrogens (tertiary/aromatic N) is 3. The van der Waals surface area contributed by atoms with E-state index in [2.05, 4.69) is 10.1 Å². The first-order valence-electron chi connectivity index (χ1n) is 4.22. The SMILES string of the molecule is COc1nc(-n2cccn2)c(Cl)cc1N. The van der Waals surface area contributed by atoms with Crippen molar-refractivity contribution < 1.29 is 4.74 Å². The Morgan fingerprint density at radius 2 is 2.33 bits per heavy atom. The number of pyridine rings is 1. The molecule has 5 nitrogen and oxygen atoms in total. The van der Waals surface area contributed by atoms with E-state index in [1.807, 2.05) is 0 Å². The molecule has 0 radical (unpaired) electrons. The van der Waals surface area contributed by atoms with Crippen LogP contribution in [0.2, 0.25) is 5.02 Å². The summed E-state index contributed by atoms with van der Waals surface area (Å²) in [5.74, 6) is 0.831. The molecule has 2 heterocycles. The maximum absolute atomic E-state index is 5.99. The van der Waals surface area contributed by atoms with Crippen molar-refractivity contribution in [2.24, 2.45) is 0 Å². The molecule has 0 aliphatic rings. The Morgan fingerprint density at radius 1 is 1.53 bits per heavy atom. The number of rotatable bonds is 2. The van der Waals surface area contributed by atoms with E-state index in [9.17, 15) is 0 Å². The summed E-state index contributed by atoms with van der Waals surface area (Å²) in [4.78, 5) is 4.15. The maximum Gasteiger partial charge on any atom is 0.239 e. The average molecular weight is 225 g/mol. The lowest BCUT2D eigenvalue weighted by Gasteiger charge is -2.08. The highest BCUT2D eigenvalue weighted by atomic mass is 35.5. The monoisotopic (exact) mass is 224 g/mol. The van der Waals surface area contributed by atoms with Crippen molar-refractivity contribution >= 4 is 17.3 Å². The number of anilines is 1. The highest BCUT2D eigenvalue weighted by molar-refractivity contribution is 6.32. The molecule has 2 N–H and O–H groups in total. The third kappa shape index (κ3) is 1.73. The van der Waals surface area contributed by atoms with Crippen LogP contribution in [0.25, 0.3) is 5.82 Å². The summed E-state index contributed by atoms with van der Waals surface area (Å²) in [5, 5.41) is 4.45. The standard InChI is InChI=1S/C9H9ClN4O/c1-15-9-7(11)5-6(10)8(13-9)14-4-2-3-12-14/h2-5H,11H2,1H3. The Labute approximate surface area is 91.4 Å². The van der Waals surface area contributed by atoms with Crippen LogP contribution in [0.3, 0.4) is 0 Å². The van der Waals surface area contributed by atoms with Crippen molar-refractivity contribution in [3.8, 4) is 11.7 Å². The summed E-state index contributed by atoms with van der Waals surface area (Å²) in [5.41, 5.74) is 6.05. The van der Waals surface area contributed by atoms with E-state index in [1.165, 1.54) is 7.11 Å². The van der Waals surface area contributed by atoms with Gasteiger partial charge in [0.1, 0.15) is 0 Å². The Morgan fingerprint density at radius 3 is 2.93 bits per heavy atom. The van der Waals surface area contributed by atoms with Crippen molar-refractivity contribution in [2.75, 3.05) is 12.8 Å². The highest BCUT2D eigenvalue weighted by Crippen LogP contribution is 2.27. The zero-order chi connectivity index (χ0) is 10.8. The predicted molar refractivity (Wildman–Crippen MR) is 57.3 cm³/mol. The first-order valence-corrected chi connectivity index (χ1v) is 4.60. The predicted octanol–water partition coefficient (Wildman–Crippen LogP) is 1.51. The molecule has 0 aromatic carbocycles. The van der Waals surface area contributed by atoms with Gasteiger partial charge in [-0.3, -0.25) is 0 Å². The molecule has 0 unspecified atom stereocenters. The van der Waals surface area contributed by atoms with E-state index in [0.717, 1.165) is 0 Å². The minimum atomic E-state index is 0.338. The lowest BCUT2D eigenvalue weighted by Crippen LogP contribution is -2.03. The molecule has 2 rings (SSSR count). The number of nitrogen functional groups attached to an aromatic ring is 1. The number of hydrogen-bond acceptors (Lipinski definition) is 4. The summed E-state index contributed by atoms with van der Waals surface area (Å²) in [6.07, 6.45) is 3.38. The summed E-state index contributed by atoms with van der Waals surface area (Å²) in [6.45, 7) is 0. The number of aromatic nitrogens is 3. The second kappa shape index (κ2) is 3.78. The second-order valence-corrected chi connectivity index (χ2v) is 3.25. The minimum Gasteiger partial charge on any atom is -0.479 e. The van der Waals surface area contributed by atoms with Gasteiger partial charge in [-0.2, -0.15) is 10.1 Å². The number of ether oxygens (including phenoxy) is 1. The van der Waals surface area contributed by atoms with Gasteiger partial charge in [-0.25, -0.2) is 4.68 Å². The smallest absolute Gasteiger partial charge is 0.239 e. The molecular formula is C9H9ClN4O. The van der Waals surface area contributed by atoms with Crippen LogP contribution in [0.5, 0.6) is 5.88 Å². The van der Waals surface area contributed by atoms with Crippen LogP contribution in [0.15, 0.2) is 24.5 Å². The Kier molecular flexibility index (Phi) is 2.47. The lowest BCUT2D eigenvalue weighted by atomic mass is 10.4. The van der Waals surface area contributed by atoms with Crippen LogP contribution in [-0.4, -0.2) is 21.9 Å². The van der Waals surface area contributed by atoms with E-state index in [4.69, 9.17) is 22.1 Å². The fourth-order valence-electron chi connectivity index (χ4n) is 1.20. The van der Waals surface area contributed by atoms with Gasteiger partial charge in [-0.15, -0.1) is 0 Å². The van der Waals surface area contributed by atoms with Crippen molar-refractivity contribution in [1.82, 2.24) is 14.8 Å². The van der Waals surface area contributed by atoms with Gasteiger partial charge in [0, 0.05) is 12.4 Å². The van der Waals surface area contributed by atoms with Gasteiger partial charge in [-0.05, 0) is 12.1 Å². The van der Waals surface area contributed by atoms with Crippen LogP contribution >= 0.6 is 11.6 Å². The molecule has 0 aliphatic heterocycles. The van der Waals surface area contributed by atoms with Gasteiger partial charge >= 0.3 is 0 Å². The molecule has 78 valence electrons. The molecule has 0 saturated heterocycles. The van der Waals surface area contributed by atoms with Crippen LogP contribution in [-0.2, 0) is 0 Å². The normalized spacial score (nSPS) is 10.3. The van der Waals surface area contributed by atoms with Gasteiger partial charge in [0.15, 0.2) is 5.82 Å². The van der Waals surface area contributed by atoms with E-state index in [0.29, 0.717) is 22.4 Å². The molecule has 15 heavy (non-hydrogen) atoms. The Hall–Kier alpha value is -1.75. The van der Waals surface area contributed by atoms with Gasteiger partial charge in [0.05, 0.1) is 17.8 Å².